The van der Waals surface area contributed by atoms with E-state index < -0.39 is 0 Å². The van der Waals surface area contributed by atoms with Crippen LogP contribution in [0.5, 0.6) is 10.8 Å². The molecule has 8 heteroatoms. The van der Waals surface area contributed by atoms with Crippen LogP contribution in [0.2, 0.25) is 0 Å². The van der Waals surface area contributed by atoms with Gasteiger partial charge in [0.15, 0.2) is 5.13 Å². The zero-order chi connectivity index (χ0) is 18.6. The molecule has 0 aliphatic carbocycles. The molecule has 0 bridgehead atoms. The minimum atomic E-state index is -0.343. The maximum Gasteiger partial charge on any atom is 0.202 e. The summed E-state index contributed by atoms with van der Waals surface area (Å²) in [5, 5.41) is 4.51. The predicted molar refractivity (Wildman–Crippen MR) is 105 cm³/mol. The maximum absolute atomic E-state index is 13.2. The number of thiazole rings is 1. The van der Waals surface area contributed by atoms with Gasteiger partial charge in [0.05, 0.1) is 12.9 Å². The van der Waals surface area contributed by atoms with E-state index >= 15 is 0 Å². The highest BCUT2D eigenvalue weighted by Crippen LogP contribution is 2.34. The molecule has 1 aliphatic rings. The summed E-state index contributed by atoms with van der Waals surface area (Å²) in [7, 11) is 0. The second-order valence-electron chi connectivity index (χ2n) is 6.16. The van der Waals surface area contributed by atoms with Crippen LogP contribution in [0, 0.1) is 11.7 Å². The van der Waals surface area contributed by atoms with Crippen molar-refractivity contribution in [1.29, 1.82) is 0 Å². The molecule has 0 spiro atoms. The number of aromatic nitrogens is 1. The molecule has 1 fully saturated rings. The summed E-state index contributed by atoms with van der Waals surface area (Å²) in [5.41, 5.74) is 0.911. The highest BCUT2D eigenvalue weighted by molar-refractivity contribution is 7.97. The Kier molecular flexibility index (Phi) is 5.56. The summed E-state index contributed by atoms with van der Waals surface area (Å²) in [6.07, 6.45) is 1.60. The molecule has 0 atom stereocenters. The van der Waals surface area contributed by atoms with Gasteiger partial charge in [0.1, 0.15) is 11.6 Å². The van der Waals surface area contributed by atoms with E-state index in [2.05, 4.69) is 14.6 Å². The third kappa shape index (κ3) is 4.77. The van der Waals surface area contributed by atoms with Crippen molar-refractivity contribution in [3.63, 3.8) is 0 Å². The van der Waals surface area contributed by atoms with Crippen LogP contribution in [-0.2, 0) is 0 Å². The Balaban J connectivity index is 1.37. The van der Waals surface area contributed by atoms with Crippen molar-refractivity contribution < 1.29 is 13.5 Å². The van der Waals surface area contributed by atoms with Gasteiger partial charge < -0.3 is 10.1 Å². The predicted octanol–water partition coefficient (Wildman–Crippen LogP) is 5.73. The molecule has 1 aromatic heterocycles. The Bertz CT molecular complexity index is 915. The van der Waals surface area contributed by atoms with Gasteiger partial charge in [-0.25, -0.2) is 13.7 Å². The van der Waals surface area contributed by atoms with Crippen LogP contribution in [0.15, 0.2) is 59.6 Å². The molecule has 140 valence electrons. The van der Waals surface area contributed by atoms with E-state index in [0.29, 0.717) is 15.9 Å². The Morgan fingerprint density at radius 2 is 2.07 bits per heavy atom. The van der Waals surface area contributed by atoms with Gasteiger partial charge in [-0.15, -0.1) is 0 Å². The van der Waals surface area contributed by atoms with Gasteiger partial charge in [-0.2, -0.15) is 0 Å². The number of benzene rings is 2. The lowest BCUT2D eigenvalue weighted by Crippen LogP contribution is -2.42. The fraction of sp³-hybridized carbons (Fsp3) is 0.211. The molecule has 1 N–H and O–H groups in total. The summed E-state index contributed by atoms with van der Waals surface area (Å²) in [6.45, 7) is 1.32. The highest BCUT2D eigenvalue weighted by Gasteiger charge is 2.27. The molecule has 0 amide bonds. The van der Waals surface area contributed by atoms with E-state index in [-0.39, 0.29) is 18.4 Å². The average Bonchev–Trinajstić information content (AvgIpc) is 3.05. The van der Waals surface area contributed by atoms with Crippen LogP contribution in [0.3, 0.4) is 0 Å². The SMILES string of the molecule is FCC1CN(Sc2cccc(Nc3ncc(Oc4cccc(F)c4)s3)c2)C1. The molecule has 0 unspecified atom stereocenters. The van der Waals surface area contributed by atoms with Crippen molar-refractivity contribution >= 4 is 34.1 Å². The largest absolute Gasteiger partial charge is 0.445 e. The molecule has 1 saturated heterocycles. The first-order valence-electron chi connectivity index (χ1n) is 8.43. The molecule has 2 heterocycles. The second kappa shape index (κ2) is 8.24. The number of nitrogens with zero attached hydrogens (tertiary/aromatic N) is 2. The molecule has 1 aliphatic heterocycles. The fourth-order valence-electron chi connectivity index (χ4n) is 2.61. The summed E-state index contributed by atoms with van der Waals surface area (Å²) < 4.78 is 33.6. The lowest BCUT2D eigenvalue weighted by atomic mass is 10.1. The van der Waals surface area contributed by atoms with Crippen molar-refractivity contribution in [2.45, 2.75) is 4.90 Å². The van der Waals surface area contributed by atoms with Crippen LogP contribution >= 0.6 is 23.3 Å². The van der Waals surface area contributed by atoms with Crippen LogP contribution in [0.25, 0.3) is 0 Å². The topological polar surface area (TPSA) is 37.4 Å². The molecule has 4 rings (SSSR count). The van der Waals surface area contributed by atoms with Crippen LogP contribution in [0.4, 0.5) is 19.6 Å². The first-order valence-corrected chi connectivity index (χ1v) is 10.0. The zero-order valence-corrected chi connectivity index (χ0v) is 15.9. The van der Waals surface area contributed by atoms with Crippen LogP contribution in [-0.4, -0.2) is 29.1 Å². The number of hydrogen-bond acceptors (Lipinski definition) is 6. The van der Waals surface area contributed by atoms with Crippen molar-refractivity contribution in [2.24, 2.45) is 5.92 Å². The number of ether oxygens (including phenoxy) is 1. The van der Waals surface area contributed by atoms with Gasteiger partial charge in [0.2, 0.25) is 5.06 Å². The van der Waals surface area contributed by atoms with E-state index in [9.17, 15) is 8.78 Å². The number of hydrogen-bond donors (Lipinski definition) is 1. The lowest BCUT2D eigenvalue weighted by molar-refractivity contribution is 0.178. The minimum absolute atomic E-state index is 0.172. The summed E-state index contributed by atoms with van der Waals surface area (Å²) in [6, 6.07) is 14.0. The molecular formula is C19H17F2N3OS2. The molecule has 2 aromatic carbocycles. The molecular weight excluding hydrogens is 388 g/mol. The summed E-state index contributed by atoms with van der Waals surface area (Å²) >= 11 is 2.97. The van der Waals surface area contributed by atoms with Gasteiger partial charge in [-0.3, -0.25) is 4.39 Å². The third-order valence-electron chi connectivity index (χ3n) is 3.96. The third-order valence-corrected chi connectivity index (χ3v) is 5.77. The average molecular weight is 405 g/mol. The number of rotatable bonds is 7. The smallest absolute Gasteiger partial charge is 0.202 e. The Morgan fingerprint density at radius 1 is 1.22 bits per heavy atom. The van der Waals surface area contributed by atoms with Gasteiger partial charge in [0.25, 0.3) is 0 Å². The van der Waals surface area contributed by atoms with Crippen LogP contribution in [0.1, 0.15) is 0 Å². The van der Waals surface area contributed by atoms with Crippen molar-refractivity contribution in [3.05, 3.63) is 60.5 Å². The Hall–Kier alpha value is -2.16. The molecule has 27 heavy (non-hydrogen) atoms. The van der Waals surface area contributed by atoms with Crippen molar-refractivity contribution in [3.8, 4) is 10.8 Å². The van der Waals surface area contributed by atoms with Gasteiger partial charge >= 0.3 is 0 Å². The quantitative estimate of drug-likeness (QED) is 0.509. The maximum atomic E-state index is 13.2. The first-order chi connectivity index (χ1) is 13.2. The Labute approximate surface area is 164 Å². The zero-order valence-electron chi connectivity index (χ0n) is 14.3. The van der Waals surface area contributed by atoms with E-state index in [1.165, 1.54) is 23.5 Å². The van der Waals surface area contributed by atoms with Gasteiger partial charge in [-0.05, 0) is 42.3 Å². The molecule has 3 aromatic rings. The molecule has 4 nitrogen and oxygen atoms in total. The number of alkyl halides is 1. The van der Waals surface area contributed by atoms with E-state index in [1.54, 1.807) is 30.3 Å². The minimum Gasteiger partial charge on any atom is -0.445 e. The Morgan fingerprint density at radius 3 is 2.89 bits per heavy atom. The van der Waals surface area contributed by atoms with Gasteiger partial charge in [0, 0.05) is 35.7 Å². The number of halogens is 2. The highest BCUT2D eigenvalue weighted by atomic mass is 32.2. The monoisotopic (exact) mass is 405 g/mol. The van der Waals surface area contributed by atoms with E-state index in [1.807, 2.05) is 24.3 Å². The van der Waals surface area contributed by atoms with Crippen LogP contribution < -0.4 is 10.1 Å². The van der Waals surface area contributed by atoms with Crippen molar-refractivity contribution in [1.82, 2.24) is 9.29 Å². The molecule has 0 radical (unpaired) electrons. The normalized spacial score (nSPS) is 14.7. The number of anilines is 2. The van der Waals surface area contributed by atoms with Crippen molar-refractivity contribution in [2.75, 3.05) is 25.1 Å². The summed E-state index contributed by atoms with van der Waals surface area (Å²) in [4.78, 5) is 5.39. The fourth-order valence-corrected chi connectivity index (χ4v) is 4.50. The lowest BCUT2D eigenvalue weighted by Gasteiger charge is -2.36. The second-order valence-corrected chi connectivity index (χ2v) is 8.32. The van der Waals surface area contributed by atoms with E-state index in [0.717, 1.165) is 23.7 Å². The van der Waals surface area contributed by atoms with E-state index in [4.69, 9.17) is 4.74 Å². The first kappa shape index (κ1) is 18.2. The summed E-state index contributed by atoms with van der Waals surface area (Å²) in [5.74, 6) is 0.264. The van der Waals surface area contributed by atoms with Gasteiger partial charge in [-0.1, -0.05) is 23.5 Å². The number of nitrogens with one attached hydrogen (secondary N) is 1. The standard InChI is InChI=1S/C19H17F2N3OS2/c20-9-13-11-24(12-13)27-17-6-2-4-15(8-17)23-19-22-10-18(26-19)25-16-5-1-3-14(21)7-16/h1-8,10,13H,9,11-12H2,(H,22,23). The molecule has 0 saturated carbocycles.